The lowest BCUT2D eigenvalue weighted by molar-refractivity contribution is -0.669. The summed E-state index contributed by atoms with van der Waals surface area (Å²) in [6, 6.07) is 24.3. The molecule has 0 aromatic heterocycles. The van der Waals surface area contributed by atoms with Gasteiger partial charge < -0.3 is 20.3 Å². The predicted octanol–water partition coefficient (Wildman–Crippen LogP) is 2.24. The number of quaternary nitrogens is 1. The number of aliphatic hydroxyl groups excluding tert-OH is 1. The maximum absolute atomic E-state index is 11.2. The number of carboxylic acid groups (broad SMARTS) is 1. The zero-order chi connectivity index (χ0) is 22.2. The van der Waals surface area contributed by atoms with E-state index in [9.17, 15) is 15.0 Å². The van der Waals surface area contributed by atoms with Crippen LogP contribution in [-0.2, 0) is 25.7 Å². The average Bonchev–Trinajstić information content (AvgIpc) is 2.80. The van der Waals surface area contributed by atoms with Crippen LogP contribution in [-0.4, -0.2) is 24.2 Å². The zero-order valence-corrected chi connectivity index (χ0v) is 18.3. The molecule has 4 aliphatic rings. The minimum absolute atomic E-state index is 0.215. The SMILES string of the molecule is C[NH2+][C@@H](C)[C@H](O)c1ccccc1.O=C([O-])c1cc2ccc1CCc1ccc(cc1)CC2. The summed E-state index contributed by atoms with van der Waals surface area (Å²) in [5.74, 6) is -1.07. The Hall–Kier alpha value is -2.95. The summed E-state index contributed by atoms with van der Waals surface area (Å²) in [5.41, 5.74) is 5.82. The van der Waals surface area contributed by atoms with Crippen molar-refractivity contribution < 1.29 is 20.3 Å². The van der Waals surface area contributed by atoms with Crippen LogP contribution in [0.3, 0.4) is 0 Å². The molecule has 0 amide bonds. The number of carbonyl (C=O) groups is 1. The first-order chi connectivity index (χ1) is 15.0. The van der Waals surface area contributed by atoms with E-state index < -0.39 is 5.97 Å². The summed E-state index contributed by atoms with van der Waals surface area (Å²) in [4.78, 5) is 11.2. The molecule has 2 atom stereocenters. The maximum atomic E-state index is 11.2. The molecule has 0 unspecified atom stereocenters. The minimum atomic E-state index is -1.07. The second-order valence-electron chi connectivity index (χ2n) is 8.14. The van der Waals surface area contributed by atoms with E-state index in [4.69, 9.17) is 0 Å². The van der Waals surface area contributed by atoms with E-state index in [0.29, 0.717) is 5.56 Å². The molecule has 4 bridgehead atoms. The number of hydrogen-bond acceptors (Lipinski definition) is 3. The fourth-order valence-corrected chi connectivity index (χ4v) is 3.76. The molecule has 0 saturated carbocycles. The summed E-state index contributed by atoms with van der Waals surface area (Å²) in [6.07, 6.45) is 3.03. The van der Waals surface area contributed by atoms with Crippen molar-refractivity contribution in [2.75, 3.05) is 7.05 Å². The highest BCUT2D eigenvalue weighted by molar-refractivity contribution is 5.88. The van der Waals surface area contributed by atoms with Crippen molar-refractivity contribution in [3.63, 3.8) is 0 Å². The molecule has 3 aromatic carbocycles. The second-order valence-corrected chi connectivity index (χ2v) is 8.14. The van der Waals surface area contributed by atoms with Crippen molar-refractivity contribution >= 4 is 5.97 Å². The number of benzene rings is 3. The van der Waals surface area contributed by atoms with Gasteiger partial charge in [0, 0.05) is 5.56 Å². The summed E-state index contributed by atoms with van der Waals surface area (Å²) < 4.78 is 0. The quantitative estimate of drug-likeness (QED) is 0.684. The molecule has 0 saturated heterocycles. The third kappa shape index (κ3) is 6.27. The lowest BCUT2D eigenvalue weighted by atomic mass is 9.93. The van der Waals surface area contributed by atoms with Crippen LogP contribution < -0.4 is 10.4 Å². The zero-order valence-electron chi connectivity index (χ0n) is 18.3. The number of aromatic carboxylic acids is 1. The third-order valence-corrected chi connectivity index (χ3v) is 5.97. The van der Waals surface area contributed by atoms with Gasteiger partial charge in [-0.3, -0.25) is 0 Å². The van der Waals surface area contributed by atoms with Gasteiger partial charge in [0.2, 0.25) is 0 Å². The fraction of sp³-hybridized carbons (Fsp3) is 0.296. The van der Waals surface area contributed by atoms with Gasteiger partial charge in [-0.1, -0.05) is 66.7 Å². The topological polar surface area (TPSA) is 77.0 Å². The van der Waals surface area contributed by atoms with Crippen LogP contribution in [0, 0.1) is 0 Å². The van der Waals surface area contributed by atoms with Crippen molar-refractivity contribution in [3.05, 3.63) is 106 Å². The summed E-state index contributed by atoms with van der Waals surface area (Å²) in [6.45, 7) is 2.01. The van der Waals surface area contributed by atoms with Crippen LogP contribution >= 0.6 is 0 Å². The van der Waals surface area contributed by atoms with Gasteiger partial charge in [0.1, 0.15) is 12.1 Å². The van der Waals surface area contributed by atoms with Gasteiger partial charge in [0.25, 0.3) is 0 Å². The Bertz CT molecular complexity index is 983. The Morgan fingerprint density at radius 1 is 0.871 bits per heavy atom. The Balaban J connectivity index is 0.000000196. The van der Waals surface area contributed by atoms with Crippen LogP contribution in [0.25, 0.3) is 0 Å². The molecule has 0 spiro atoms. The number of likely N-dealkylation sites (N-methyl/N-ethyl adjacent to an activating group) is 1. The number of aliphatic hydroxyl groups is 1. The highest BCUT2D eigenvalue weighted by atomic mass is 16.4. The Morgan fingerprint density at radius 3 is 2.00 bits per heavy atom. The smallest absolute Gasteiger partial charge is 0.130 e. The highest BCUT2D eigenvalue weighted by Gasteiger charge is 2.16. The third-order valence-electron chi connectivity index (χ3n) is 5.97. The van der Waals surface area contributed by atoms with E-state index >= 15 is 0 Å². The normalized spacial score (nSPS) is 14.5. The van der Waals surface area contributed by atoms with Gasteiger partial charge >= 0.3 is 0 Å². The molecule has 4 nitrogen and oxygen atoms in total. The Labute approximate surface area is 184 Å². The first-order valence-electron chi connectivity index (χ1n) is 10.9. The lowest BCUT2D eigenvalue weighted by Gasteiger charge is -2.15. The lowest BCUT2D eigenvalue weighted by Crippen LogP contribution is -2.86. The Kier molecular flexibility index (Phi) is 7.99. The first-order valence-corrected chi connectivity index (χ1v) is 10.9. The van der Waals surface area contributed by atoms with E-state index in [1.165, 1.54) is 11.1 Å². The molecule has 0 radical (unpaired) electrons. The molecule has 162 valence electrons. The predicted molar refractivity (Wildman–Crippen MR) is 121 cm³/mol. The number of rotatable bonds is 4. The molecule has 3 N–H and O–H groups in total. The van der Waals surface area contributed by atoms with Crippen LogP contribution in [0.4, 0.5) is 0 Å². The van der Waals surface area contributed by atoms with E-state index in [1.807, 2.05) is 61.8 Å². The van der Waals surface area contributed by atoms with E-state index in [0.717, 1.165) is 42.4 Å². The van der Waals surface area contributed by atoms with Gasteiger partial charge in [0.05, 0.1) is 13.0 Å². The van der Waals surface area contributed by atoms with Gasteiger partial charge in [0.15, 0.2) is 0 Å². The fourth-order valence-electron chi connectivity index (χ4n) is 3.76. The van der Waals surface area contributed by atoms with Crippen LogP contribution in [0.15, 0.2) is 72.8 Å². The molecule has 3 aromatic rings. The molecular weight excluding hydrogens is 386 g/mol. The van der Waals surface area contributed by atoms with Gasteiger partial charge in [-0.05, 0) is 66.5 Å². The van der Waals surface area contributed by atoms with Crippen molar-refractivity contribution in [2.45, 2.75) is 44.8 Å². The molecule has 4 heteroatoms. The number of aryl methyl sites for hydroxylation is 4. The standard InChI is InChI=1S/C17H16O2.C10H15NO/c18-17(19)16-11-14-6-5-12-1-3-13(4-2-12)7-9-15(16)10-8-14;1-8(11-2)10(12)9-6-4-3-5-7-9/h1-4,8,10-11H,5-7,9H2,(H,18,19);3-8,10-12H,1-2H3/t;8-,10-/m.0/s1. The van der Waals surface area contributed by atoms with Crippen LogP contribution in [0.2, 0.25) is 0 Å². The first kappa shape index (κ1) is 22.7. The number of carboxylic acids is 1. The number of nitrogens with two attached hydrogens (primary N) is 1. The van der Waals surface area contributed by atoms with Crippen molar-refractivity contribution in [1.82, 2.24) is 0 Å². The summed E-state index contributed by atoms with van der Waals surface area (Å²) in [5, 5.41) is 23.0. The van der Waals surface area contributed by atoms with E-state index in [2.05, 4.69) is 24.3 Å². The van der Waals surface area contributed by atoms with Gasteiger partial charge in [-0.25, -0.2) is 0 Å². The van der Waals surface area contributed by atoms with Crippen molar-refractivity contribution in [1.29, 1.82) is 0 Å². The molecule has 0 aliphatic heterocycles. The molecule has 31 heavy (non-hydrogen) atoms. The van der Waals surface area contributed by atoms with Gasteiger partial charge in [-0.2, -0.15) is 0 Å². The monoisotopic (exact) mass is 417 g/mol. The molecule has 0 heterocycles. The maximum Gasteiger partial charge on any atom is 0.130 e. The van der Waals surface area contributed by atoms with Gasteiger partial charge in [-0.15, -0.1) is 0 Å². The van der Waals surface area contributed by atoms with Crippen LogP contribution in [0.5, 0.6) is 0 Å². The average molecular weight is 418 g/mol. The number of hydrogen-bond donors (Lipinski definition) is 2. The van der Waals surface area contributed by atoms with E-state index in [-0.39, 0.29) is 12.1 Å². The second kappa shape index (κ2) is 10.9. The summed E-state index contributed by atoms with van der Waals surface area (Å²) >= 11 is 0. The Morgan fingerprint density at radius 2 is 1.42 bits per heavy atom. The molecule has 0 fully saturated rings. The largest absolute Gasteiger partial charge is 0.545 e. The molecular formula is C27H31NO3. The van der Waals surface area contributed by atoms with Crippen LogP contribution in [0.1, 0.15) is 51.2 Å². The van der Waals surface area contributed by atoms with E-state index in [1.54, 1.807) is 6.07 Å². The molecule has 4 aliphatic carbocycles. The summed E-state index contributed by atoms with van der Waals surface area (Å²) in [7, 11) is 1.97. The number of carbonyl (C=O) groups excluding carboxylic acids is 1. The molecule has 7 rings (SSSR count). The highest BCUT2D eigenvalue weighted by Crippen LogP contribution is 2.19. The van der Waals surface area contributed by atoms with Crippen molar-refractivity contribution in [3.8, 4) is 0 Å². The van der Waals surface area contributed by atoms with Crippen molar-refractivity contribution in [2.24, 2.45) is 0 Å². The minimum Gasteiger partial charge on any atom is -0.545 e.